The zero-order valence-electron chi connectivity index (χ0n) is 12.4. The number of nitrogens with zero attached hydrogens (tertiary/aromatic N) is 1. The van der Waals surface area contributed by atoms with Gasteiger partial charge in [-0.25, -0.2) is 0 Å². The zero-order valence-corrected chi connectivity index (χ0v) is 12.4. The number of carbonyl (C=O) groups excluding carboxylic acids is 2. The van der Waals surface area contributed by atoms with Crippen LogP contribution in [-0.4, -0.2) is 48.4 Å². The van der Waals surface area contributed by atoms with E-state index in [2.05, 4.69) is 10.1 Å². The second-order valence-electron chi connectivity index (χ2n) is 4.61. The van der Waals surface area contributed by atoms with Crippen molar-refractivity contribution in [3.05, 3.63) is 30.0 Å². The second-order valence-corrected chi connectivity index (χ2v) is 4.61. The first kappa shape index (κ1) is 17.6. The fraction of sp³-hybridized carbons (Fsp3) is 0.286. The molecule has 0 unspecified atom stereocenters. The van der Waals surface area contributed by atoms with Gasteiger partial charge in [-0.05, 0) is 12.1 Å². The number of carbonyl (C=O) groups is 2. The van der Waals surface area contributed by atoms with Crippen LogP contribution in [0.1, 0.15) is 0 Å². The van der Waals surface area contributed by atoms with Gasteiger partial charge in [0, 0.05) is 12.1 Å². The molecule has 1 aliphatic heterocycles. The van der Waals surface area contributed by atoms with Crippen molar-refractivity contribution in [3.63, 3.8) is 0 Å². The smallest absolute Gasteiger partial charge is 0.494 e. The van der Waals surface area contributed by atoms with Crippen molar-refractivity contribution >= 4 is 17.5 Å². The number of hydrogen-bond donors (Lipinski definition) is 2. The number of alkyl halides is 3. The first-order valence-electron chi connectivity index (χ1n) is 6.64. The summed E-state index contributed by atoms with van der Waals surface area (Å²) in [4.78, 5) is 24.5. The Morgan fingerprint density at radius 1 is 1.29 bits per heavy atom. The molecule has 0 aliphatic carbocycles. The summed E-state index contributed by atoms with van der Waals surface area (Å²) in [5, 5.41) is 11.5. The van der Waals surface area contributed by atoms with Crippen molar-refractivity contribution < 1.29 is 37.3 Å². The van der Waals surface area contributed by atoms with Gasteiger partial charge in [0.25, 0.3) is 11.8 Å². The van der Waals surface area contributed by atoms with E-state index in [9.17, 15) is 22.8 Å². The molecule has 0 saturated carbocycles. The maximum absolute atomic E-state index is 12.2. The Morgan fingerprint density at radius 3 is 2.58 bits per heavy atom. The zero-order chi connectivity index (χ0) is 17.9. The molecule has 0 fully saturated rings. The van der Waals surface area contributed by atoms with Gasteiger partial charge in [0.1, 0.15) is 17.2 Å². The number of ether oxygens (including phenoxy) is 2. The van der Waals surface area contributed by atoms with E-state index in [1.54, 1.807) is 0 Å². The lowest BCUT2D eigenvalue weighted by molar-refractivity contribution is -0.274. The average Bonchev–Trinajstić information content (AvgIpc) is 2.75. The highest BCUT2D eigenvalue weighted by atomic mass is 19.4. The summed E-state index contributed by atoms with van der Waals surface area (Å²) in [7, 11) is 1.23. The molecule has 1 heterocycles. The van der Waals surface area contributed by atoms with E-state index in [4.69, 9.17) is 9.84 Å². The number of imide groups is 1. The number of nitrogens with one attached hydrogen (secondary N) is 1. The molecular weight excluding hydrogens is 333 g/mol. The molecule has 0 radical (unpaired) electrons. The Bertz CT molecular complexity index is 687. The van der Waals surface area contributed by atoms with Crippen LogP contribution in [0.25, 0.3) is 0 Å². The molecule has 1 aromatic rings. The van der Waals surface area contributed by atoms with E-state index in [1.165, 1.54) is 13.2 Å². The highest BCUT2D eigenvalue weighted by Crippen LogP contribution is 2.33. The van der Waals surface area contributed by atoms with Gasteiger partial charge in [-0.2, -0.15) is 0 Å². The van der Waals surface area contributed by atoms with E-state index in [-0.39, 0.29) is 30.3 Å². The summed E-state index contributed by atoms with van der Waals surface area (Å²) in [5.74, 6) is -1.77. The normalized spacial score (nSPS) is 14.7. The van der Waals surface area contributed by atoms with Gasteiger partial charge in [0.15, 0.2) is 0 Å². The maximum atomic E-state index is 12.2. The van der Waals surface area contributed by atoms with Crippen LogP contribution in [0.5, 0.6) is 11.5 Å². The van der Waals surface area contributed by atoms with Crippen LogP contribution >= 0.6 is 0 Å². The topological polar surface area (TPSA) is 88.1 Å². The number of aliphatic hydroxyl groups excluding tert-OH is 1. The monoisotopic (exact) mass is 346 g/mol. The van der Waals surface area contributed by atoms with Crippen LogP contribution in [-0.2, 0) is 9.59 Å². The number of amides is 2. The number of halogens is 3. The van der Waals surface area contributed by atoms with Gasteiger partial charge in [-0.15, -0.1) is 13.2 Å². The minimum atomic E-state index is -4.85. The van der Waals surface area contributed by atoms with Crippen LogP contribution in [0.4, 0.5) is 18.9 Å². The second kappa shape index (κ2) is 6.79. The highest BCUT2D eigenvalue weighted by Gasteiger charge is 2.32. The summed E-state index contributed by atoms with van der Waals surface area (Å²) in [5.41, 5.74) is 0.0847. The maximum Gasteiger partial charge on any atom is 0.573 e. The summed E-state index contributed by atoms with van der Waals surface area (Å²) in [6, 6.07) is 3.24. The van der Waals surface area contributed by atoms with Crippen LogP contribution in [0.2, 0.25) is 0 Å². The van der Waals surface area contributed by atoms with E-state index < -0.39 is 23.9 Å². The van der Waals surface area contributed by atoms with Gasteiger partial charge in [0.2, 0.25) is 0 Å². The number of aliphatic hydroxyl groups is 1. The van der Waals surface area contributed by atoms with E-state index >= 15 is 0 Å². The molecule has 1 aliphatic rings. The van der Waals surface area contributed by atoms with Crippen LogP contribution in [0, 0.1) is 0 Å². The van der Waals surface area contributed by atoms with Gasteiger partial charge in [0.05, 0.1) is 25.9 Å². The Morgan fingerprint density at radius 2 is 2.00 bits per heavy atom. The molecule has 10 heteroatoms. The van der Waals surface area contributed by atoms with Crippen LogP contribution in [0.3, 0.4) is 0 Å². The van der Waals surface area contributed by atoms with Crippen LogP contribution in [0.15, 0.2) is 30.0 Å². The lowest BCUT2D eigenvalue weighted by Gasteiger charge is -2.16. The molecule has 24 heavy (non-hydrogen) atoms. The molecule has 2 N–H and O–H groups in total. The van der Waals surface area contributed by atoms with Gasteiger partial charge >= 0.3 is 6.36 Å². The largest absolute Gasteiger partial charge is 0.573 e. The Kier molecular flexibility index (Phi) is 4.98. The van der Waals surface area contributed by atoms with E-state index in [0.717, 1.165) is 23.1 Å². The van der Waals surface area contributed by atoms with Crippen molar-refractivity contribution in [1.29, 1.82) is 0 Å². The molecule has 2 amide bonds. The fourth-order valence-electron chi connectivity index (χ4n) is 2.03. The lowest BCUT2D eigenvalue weighted by atomic mass is 10.2. The third-order valence-electron chi connectivity index (χ3n) is 3.01. The highest BCUT2D eigenvalue weighted by molar-refractivity contribution is 6.17. The standard InChI is InChI=1S/C14H13F3N2O5/c1-23-11-6-8(24-14(15,16)17)2-3-9(11)18-10-7-12(21)19(4-5-20)13(10)22/h2-3,6-7,18,20H,4-5H2,1H3. The van der Waals surface area contributed by atoms with Crippen molar-refractivity contribution in [2.45, 2.75) is 6.36 Å². The molecule has 130 valence electrons. The molecule has 0 spiro atoms. The first-order chi connectivity index (χ1) is 11.2. The predicted molar refractivity (Wildman–Crippen MR) is 75.2 cm³/mol. The minimum absolute atomic E-state index is 0.0153. The van der Waals surface area contributed by atoms with Gasteiger partial charge < -0.3 is 19.9 Å². The molecule has 0 saturated heterocycles. The fourth-order valence-corrected chi connectivity index (χ4v) is 2.03. The number of methoxy groups -OCH3 is 1. The predicted octanol–water partition coefficient (Wildman–Crippen LogP) is 1.25. The molecular formula is C14H13F3N2O5. The molecule has 0 bridgehead atoms. The minimum Gasteiger partial charge on any atom is -0.494 e. The molecule has 2 rings (SSSR count). The Hall–Kier alpha value is -2.75. The van der Waals surface area contributed by atoms with Crippen molar-refractivity contribution in [2.24, 2.45) is 0 Å². The number of hydrogen-bond acceptors (Lipinski definition) is 6. The molecule has 0 atom stereocenters. The number of anilines is 1. The third kappa shape index (κ3) is 3.96. The lowest BCUT2D eigenvalue weighted by Crippen LogP contribution is -2.34. The summed E-state index contributed by atoms with van der Waals surface area (Å²) in [6.07, 6.45) is -3.82. The van der Waals surface area contributed by atoms with E-state index in [0.29, 0.717) is 0 Å². The van der Waals surface area contributed by atoms with E-state index in [1.807, 2.05) is 0 Å². The van der Waals surface area contributed by atoms with Gasteiger partial charge in [-0.1, -0.05) is 0 Å². The molecule has 0 aromatic heterocycles. The van der Waals surface area contributed by atoms with Crippen molar-refractivity contribution in [2.75, 3.05) is 25.6 Å². The quantitative estimate of drug-likeness (QED) is 0.754. The van der Waals surface area contributed by atoms with Crippen LogP contribution < -0.4 is 14.8 Å². The van der Waals surface area contributed by atoms with Crippen molar-refractivity contribution in [3.8, 4) is 11.5 Å². The number of β-amino-alcohol motifs (C(OH)–C–C–N with tert-alkyl or cyclic N) is 1. The van der Waals surface area contributed by atoms with Gasteiger partial charge in [-0.3, -0.25) is 14.5 Å². The molecule has 7 nitrogen and oxygen atoms in total. The SMILES string of the molecule is COc1cc(OC(F)(F)F)ccc1NC1=CC(=O)N(CCO)C1=O. The first-order valence-corrected chi connectivity index (χ1v) is 6.64. The number of benzene rings is 1. The third-order valence-corrected chi connectivity index (χ3v) is 3.01. The average molecular weight is 346 g/mol. The Balaban J connectivity index is 2.20. The summed E-state index contributed by atoms with van der Waals surface area (Å²) in [6.45, 7) is -0.541. The Labute approximate surface area is 134 Å². The summed E-state index contributed by atoms with van der Waals surface area (Å²) < 4.78 is 45.4. The summed E-state index contributed by atoms with van der Waals surface area (Å²) >= 11 is 0. The number of rotatable bonds is 6. The molecule has 1 aromatic carbocycles. The van der Waals surface area contributed by atoms with Crippen molar-refractivity contribution in [1.82, 2.24) is 4.90 Å².